The molecule has 0 N–H and O–H groups in total. The van der Waals surface area contributed by atoms with Crippen LogP contribution < -0.4 is 4.74 Å². The number of hydrogen-bond acceptors (Lipinski definition) is 3. The molecule has 2 rings (SSSR count). The third-order valence-electron chi connectivity index (χ3n) is 2.87. The summed E-state index contributed by atoms with van der Waals surface area (Å²) in [6.45, 7) is 1.99. The van der Waals surface area contributed by atoms with Gasteiger partial charge in [-0.3, -0.25) is 4.79 Å². The van der Waals surface area contributed by atoms with Gasteiger partial charge < -0.3 is 9.47 Å². The zero-order valence-electron chi connectivity index (χ0n) is 10.3. The van der Waals surface area contributed by atoms with Crippen LogP contribution in [-0.4, -0.2) is 25.1 Å². The first kappa shape index (κ1) is 13.9. The van der Waals surface area contributed by atoms with E-state index in [9.17, 15) is 18.0 Å². The zero-order chi connectivity index (χ0) is 14.0. The Bertz CT molecular complexity index is 477. The van der Waals surface area contributed by atoms with Crippen molar-refractivity contribution in [3.8, 4) is 5.75 Å². The van der Waals surface area contributed by atoms with Crippen molar-refractivity contribution in [1.29, 1.82) is 0 Å². The summed E-state index contributed by atoms with van der Waals surface area (Å²) in [6.07, 6.45) is -4.37. The summed E-state index contributed by atoms with van der Waals surface area (Å²) < 4.78 is 49.2. The monoisotopic (exact) mass is 274 g/mol. The number of Topliss-reactive ketones (excluding diaryl/α,β-unsaturated/α-hetero) is 1. The summed E-state index contributed by atoms with van der Waals surface area (Å²) in [6, 6.07) is 3.36. The molecule has 0 spiro atoms. The molecule has 19 heavy (non-hydrogen) atoms. The van der Waals surface area contributed by atoms with Gasteiger partial charge in [-0.2, -0.15) is 13.2 Å². The van der Waals surface area contributed by atoms with Crippen molar-refractivity contribution in [2.75, 3.05) is 13.2 Å². The molecule has 0 bridgehead atoms. The van der Waals surface area contributed by atoms with Crippen molar-refractivity contribution >= 4 is 5.78 Å². The maximum atomic E-state index is 12.9. The molecule has 3 nitrogen and oxygen atoms in total. The molecule has 0 aliphatic carbocycles. The number of benzene rings is 1. The summed E-state index contributed by atoms with van der Waals surface area (Å²) in [5.74, 6) is -0.672. The van der Waals surface area contributed by atoms with Gasteiger partial charge in [-0.15, -0.1) is 0 Å². The SMILES string of the molecule is CC(=O)c1ccc(O[C@H]2CCOC2)c(C(F)(F)F)c1. The topological polar surface area (TPSA) is 35.5 Å². The van der Waals surface area contributed by atoms with Crippen LogP contribution in [0.25, 0.3) is 0 Å². The fraction of sp³-hybridized carbons (Fsp3) is 0.462. The van der Waals surface area contributed by atoms with Gasteiger partial charge in [-0.05, 0) is 25.1 Å². The van der Waals surface area contributed by atoms with Gasteiger partial charge in [-0.25, -0.2) is 0 Å². The molecule has 0 aromatic heterocycles. The number of rotatable bonds is 3. The van der Waals surface area contributed by atoms with Gasteiger partial charge in [0.1, 0.15) is 11.9 Å². The Morgan fingerprint density at radius 1 is 1.42 bits per heavy atom. The normalized spacial score (nSPS) is 19.5. The number of hydrogen-bond donors (Lipinski definition) is 0. The predicted octanol–water partition coefficient (Wildman–Crippen LogP) is 3.08. The Morgan fingerprint density at radius 2 is 2.16 bits per heavy atom. The third-order valence-corrected chi connectivity index (χ3v) is 2.87. The number of ketones is 1. The van der Waals surface area contributed by atoms with E-state index < -0.39 is 17.5 Å². The Labute approximate surface area is 108 Å². The second-order valence-electron chi connectivity index (χ2n) is 4.37. The van der Waals surface area contributed by atoms with Crippen LogP contribution >= 0.6 is 0 Å². The van der Waals surface area contributed by atoms with E-state index in [0.29, 0.717) is 13.0 Å². The van der Waals surface area contributed by atoms with E-state index in [1.54, 1.807) is 0 Å². The van der Waals surface area contributed by atoms with E-state index in [1.807, 2.05) is 0 Å². The van der Waals surface area contributed by atoms with Crippen molar-refractivity contribution < 1.29 is 27.4 Å². The smallest absolute Gasteiger partial charge is 0.419 e. The number of carbonyl (C=O) groups excluding carboxylic acids is 1. The molecule has 1 aliphatic heterocycles. The van der Waals surface area contributed by atoms with Gasteiger partial charge in [-0.1, -0.05) is 0 Å². The standard InChI is InChI=1S/C13H13F3O3/c1-8(17)9-2-3-12(11(6-9)13(14,15)16)19-10-4-5-18-7-10/h2-3,6,10H,4-5,7H2,1H3/t10-/m0/s1. The van der Waals surface area contributed by atoms with E-state index in [4.69, 9.17) is 9.47 Å². The van der Waals surface area contributed by atoms with Crippen LogP contribution in [0.3, 0.4) is 0 Å². The summed E-state index contributed by atoms with van der Waals surface area (Å²) in [4.78, 5) is 11.2. The van der Waals surface area contributed by atoms with Gasteiger partial charge in [0.2, 0.25) is 0 Å². The van der Waals surface area contributed by atoms with Gasteiger partial charge in [0.25, 0.3) is 0 Å². The van der Waals surface area contributed by atoms with Crippen molar-refractivity contribution in [2.24, 2.45) is 0 Å². The molecule has 1 saturated heterocycles. The van der Waals surface area contributed by atoms with Crippen molar-refractivity contribution in [3.05, 3.63) is 29.3 Å². The van der Waals surface area contributed by atoms with Gasteiger partial charge in [0.05, 0.1) is 18.8 Å². The molecule has 1 aromatic carbocycles. The average Bonchev–Trinajstić information content (AvgIpc) is 2.80. The Hall–Kier alpha value is -1.56. The van der Waals surface area contributed by atoms with Crippen LogP contribution in [0, 0.1) is 0 Å². The minimum Gasteiger partial charge on any atom is -0.487 e. The van der Waals surface area contributed by atoms with E-state index in [-0.39, 0.29) is 24.0 Å². The summed E-state index contributed by atoms with van der Waals surface area (Å²) in [5.41, 5.74) is -0.908. The molecule has 0 radical (unpaired) electrons. The Kier molecular flexibility index (Phi) is 3.80. The highest BCUT2D eigenvalue weighted by Gasteiger charge is 2.36. The summed E-state index contributed by atoms with van der Waals surface area (Å²) >= 11 is 0. The predicted molar refractivity (Wildman–Crippen MR) is 61.3 cm³/mol. The van der Waals surface area contributed by atoms with Gasteiger partial charge in [0.15, 0.2) is 5.78 Å². The number of ether oxygens (including phenoxy) is 2. The number of alkyl halides is 3. The molecule has 1 aromatic rings. The van der Waals surface area contributed by atoms with Crippen molar-refractivity contribution in [3.63, 3.8) is 0 Å². The first-order valence-corrected chi connectivity index (χ1v) is 5.84. The van der Waals surface area contributed by atoms with E-state index in [1.165, 1.54) is 19.1 Å². The lowest BCUT2D eigenvalue weighted by molar-refractivity contribution is -0.139. The summed E-state index contributed by atoms with van der Waals surface area (Å²) in [7, 11) is 0. The molecule has 0 saturated carbocycles. The van der Waals surface area contributed by atoms with E-state index in [0.717, 1.165) is 6.07 Å². The van der Waals surface area contributed by atoms with Crippen molar-refractivity contribution in [2.45, 2.75) is 25.6 Å². The molecule has 1 aliphatic rings. The highest BCUT2D eigenvalue weighted by Crippen LogP contribution is 2.37. The lowest BCUT2D eigenvalue weighted by atomic mass is 10.1. The fourth-order valence-electron chi connectivity index (χ4n) is 1.86. The molecule has 1 fully saturated rings. The van der Waals surface area contributed by atoms with Crippen LogP contribution in [0.5, 0.6) is 5.75 Å². The van der Waals surface area contributed by atoms with E-state index >= 15 is 0 Å². The largest absolute Gasteiger partial charge is 0.487 e. The van der Waals surface area contributed by atoms with Crippen LogP contribution in [0.15, 0.2) is 18.2 Å². The Balaban J connectivity index is 2.33. The second kappa shape index (κ2) is 5.21. The fourth-order valence-corrected chi connectivity index (χ4v) is 1.86. The first-order chi connectivity index (χ1) is 8.88. The minimum absolute atomic E-state index is 0.0161. The number of halogens is 3. The number of carbonyl (C=O) groups is 1. The quantitative estimate of drug-likeness (QED) is 0.795. The van der Waals surface area contributed by atoms with Gasteiger partial charge in [0, 0.05) is 12.0 Å². The lowest BCUT2D eigenvalue weighted by Crippen LogP contribution is -2.19. The van der Waals surface area contributed by atoms with Crippen molar-refractivity contribution in [1.82, 2.24) is 0 Å². The maximum absolute atomic E-state index is 12.9. The molecule has 104 valence electrons. The lowest BCUT2D eigenvalue weighted by Gasteiger charge is -2.17. The van der Waals surface area contributed by atoms with Crippen LogP contribution in [0.2, 0.25) is 0 Å². The van der Waals surface area contributed by atoms with Gasteiger partial charge >= 0.3 is 6.18 Å². The first-order valence-electron chi connectivity index (χ1n) is 5.84. The van der Waals surface area contributed by atoms with Crippen LogP contribution in [-0.2, 0) is 10.9 Å². The molecule has 1 atom stereocenters. The molecular formula is C13H13F3O3. The minimum atomic E-state index is -4.56. The molecular weight excluding hydrogens is 261 g/mol. The maximum Gasteiger partial charge on any atom is 0.419 e. The summed E-state index contributed by atoms with van der Waals surface area (Å²) in [5, 5.41) is 0. The zero-order valence-corrected chi connectivity index (χ0v) is 10.3. The highest BCUT2D eigenvalue weighted by atomic mass is 19.4. The molecule has 1 heterocycles. The molecule has 6 heteroatoms. The Morgan fingerprint density at radius 3 is 2.68 bits per heavy atom. The molecule has 0 amide bonds. The van der Waals surface area contributed by atoms with Crippen LogP contribution in [0.4, 0.5) is 13.2 Å². The molecule has 0 unspecified atom stereocenters. The highest BCUT2D eigenvalue weighted by molar-refractivity contribution is 5.94. The second-order valence-corrected chi connectivity index (χ2v) is 4.37. The third kappa shape index (κ3) is 3.26. The average molecular weight is 274 g/mol. The van der Waals surface area contributed by atoms with Crippen LogP contribution in [0.1, 0.15) is 29.3 Å². The van der Waals surface area contributed by atoms with E-state index in [2.05, 4.69) is 0 Å².